The van der Waals surface area contributed by atoms with E-state index in [9.17, 15) is 4.39 Å². The summed E-state index contributed by atoms with van der Waals surface area (Å²) in [6.45, 7) is 11.3. The van der Waals surface area contributed by atoms with Crippen LogP contribution in [0.2, 0.25) is 0 Å². The third-order valence-electron chi connectivity index (χ3n) is 5.50. The molecule has 0 radical (unpaired) electrons. The van der Waals surface area contributed by atoms with E-state index >= 15 is 0 Å². The Kier molecular flexibility index (Phi) is 4.40. The van der Waals surface area contributed by atoms with Crippen LogP contribution < -0.4 is 4.90 Å². The predicted octanol–water partition coefficient (Wildman–Crippen LogP) is 3.56. The summed E-state index contributed by atoms with van der Waals surface area (Å²) in [4.78, 5) is 9.13. The number of piperazine rings is 1. The summed E-state index contributed by atoms with van der Waals surface area (Å²) in [6.07, 6.45) is 5.37. The van der Waals surface area contributed by atoms with E-state index in [1.165, 1.54) is 31.5 Å². The van der Waals surface area contributed by atoms with Crippen molar-refractivity contribution in [2.24, 2.45) is 11.3 Å². The molecule has 2 fully saturated rings. The number of aromatic nitrogens is 1. The summed E-state index contributed by atoms with van der Waals surface area (Å²) < 4.78 is 13.0. The highest BCUT2D eigenvalue weighted by molar-refractivity contribution is 5.38. The highest BCUT2D eigenvalue weighted by atomic mass is 19.1. The maximum Gasteiger partial charge on any atom is 0.141 e. The summed E-state index contributed by atoms with van der Waals surface area (Å²) in [5.74, 6) is 1.50. The molecule has 1 aliphatic carbocycles. The molecule has 122 valence electrons. The van der Waals surface area contributed by atoms with Gasteiger partial charge in [-0.1, -0.05) is 20.8 Å². The van der Waals surface area contributed by atoms with Gasteiger partial charge in [-0.3, -0.25) is 4.90 Å². The van der Waals surface area contributed by atoms with Crippen molar-refractivity contribution in [3.63, 3.8) is 0 Å². The number of anilines is 1. The van der Waals surface area contributed by atoms with Crippen LogP contribution >= 0.6 is 0 Å². The molecule has 0 amide bonds. The largest absolute Gasteiger partial charge is 0.354 e. The molecule has 0 aromatic carbocycles. The zero-order chi connectivity index (χ0) is 15.7. The average molecular weight is 305 g/mol. The lowest BCUT2D eigenvalue weighted by atomic mass is 9.79. The number of rotatable bonds is 2. The number of halogens is 1. The molecular formula is C18H28FN3. The summed E-state index contributed by atoms with van der Waals surface area (Å²) >= 11 is 0. The third kappa shape index (κ3) is 3.43. The monoisotopic (exact) mass is 305 g/mol. The van der Waals surface area contributed by atoms with Crippen molar-refractivity contribution in [3.05, 3.63) is 24.1 Å². The van der Waals surface area contributed by atoms with Gasteiger partial charge >= 0.3 is 0 Å². The molecule has 2 heterocycles. The van der Waals surface area contributed by atoms with Crippen LogP contribution in [0.1, 0.15) is 40.0 Å². The van der Waals surface area contributed by atoms with Crippen molar-refractivity contribution in [1.29, 1.82) is 0 Å². The van der Waals surface area contributed by atoms with Crippen molar-refractivity contribution in [2.75, 3.05) is 31.1 Å². The molecule has 1 saturated carbocycles. The first-order valence-electron chi connectivity index (χ1n) is 8.54. The summed E-state index contributed by atoms with van der Waals surface area (Å²) in [6, 6.07) is 4.04. The lowest BCUT2D eigenvalue weighted by Crippen LogP contribution is -2.50. The van der Waals surface area contributed by atoms with Gasteiger partial charge in [-0.2, -0.15) is 0 Å². The van der Waals surface area contributed by atoms with Crippen molar-refractivity contribution in [1.82, 2.24) is 9.88 Å². The van der Waals surface area contributed by atoms with Crippen molar-refractivity contribution < 1.29 is 4.39 Å². The number of hydrogen-bond donors (Lipinski definition) is 0. The molecule has 1 saturated heterocycles. The second-order valence-corrected chi connectivity index (χ2v) is 7.89. The van der Waals surface area contributed by atoms with Crippen molar-refractivity contribution in [3.8, 4) is 0 Å². The Morgan fingerprint density at radius 1 is 1.09 bits per heavy atom. The summed E-state index contributed by atoms with van der Waals surface area (Å²) in [5, 5.41) is 0. The van der Waals surface area contributed by atoms with Gasteiger partial charge in [-0.25, -0.2) is 9.37 Å². The zero-order valence-electron chi connectivity index (χ0n) is 14.1. The Balaban J connectivity index is 1.53. The Labute approximate surface area is 133 Å². The lowest BCUT2D eigenvalue weighted by Gasteiger charge is -2.39. The van der Waals surface area contributed by atoms with Gasteiger partial charge in [0.15, 0.2) is 0 Å². The quantitative estimate of drug-likeness (QED) is 0.833. The first-order valence-corrected chi connectivity index (χ1v) is 8.54. The van der Waals surface area contributed by atoms with Crippen LogP contribution in [0.15, 0.2) is 18.3 Å². The molecular weight excluding hydrogens is 277 g/mol. The number of hydrogen-bond acceptors (Lipinski definition) is 3. The molecule has 22 heavy (non-hydrogen) atoms. The van der Waals surface area contributed by atoms with E-state index in [4.69, 9.17) is 0 Å². The van der Waals surface area contributed by atoms with E-state index in [2.05, 4.69) is 35.6 Å². The topological polar surface area (TPSA) is 19.4 Å². The Hall–Kier alpha value is -1.16. The molecule has 1 aromatic rings. The number of nitrogens with zero attached hydrogens (tertiary/aromatic N) is 3. The molecule has 2 atom stereocenters. The predicted molar refractivity (Wildman–Crippen MR) is 88.6 cm³/mol. The maximum atomic E-state index is 13.0. The molecule has 0 bridgehead atoms. The fourth-order valence-electron chi connectivity index (χ4n) is 3.95. The first kappa shape index (κ1) is 15.7. The second kappa shape index (κ2) is 6.15. The minimum atomic E-state index is -0.262. The molecule has 1 aromatic heterocycles. The lowest BCUT2D eigenvalue weighted by molar-refractivity contribution is 0.167. The van der Waals surface area contributed by atoms with E-state index in [-0.39, 0.29) is 5.82 Å². The van der Waals surface area contributed by atoms with Gasteiger partial charge in [-0.15, -0.1) is 0 Å². The van der Waals surface area contributed by atoms with Crippen LogP contribution in [-0.2, 0) is 0 Å². The molecule has 3 nitrogen and oxygen atoms in total. The summed E-state index contributed by atoms with van der Waals surface area (Å²) in [5.41, 5.74) is 0.439. The van der Waals surface area contributed by atoms with E-state index in [0.717, 1.165) is 44.0 Å². The SMILES string of the molecule is CC(C)(C)C1CCC(N2CCN(c3ccc(F)cn3)CC2)C1. The molecule has 2 aliphatic rings. The molecule has 2 unspecified atom stereocenters. The smallest absolute Gasteiger partial charge is 0.141 e. The fraction of sp³-hybridized carbons (Fsp3) is 0.722. The zero-order valence-corrected chi connectivity index (χ0v) is 14.1. The average Bonchev–Trinajstić information content (AvgIpc) is 2.98. The molecule has 0 spiro atoms. The van der Waals surface area contributed by atoms with Gasteiger partial charge in [-0.05, 0) is 42.7 Å². The molecule has 4 heteroatoms. The normalized spacial score (nSPS) is 27.4. The van der Waals surface area contributed by atoms with Crippen LogP contribution in [0.5, 0.6) is 0 Å². The summed E-state index contributed by atoms with van der Waals surface area (Å²) in [7, 11) is 0. The van der Waals surface area contributed by atoms with E-state index < -0.39 is 0 Å². The molecule has 0 N–H and O–H groups in total. The second-order valence-electron chi connectivity index (χ2n) is 7.89. The van der Waals surface area contributed by atoms with Crippen LogP contribution in [0.4, 0.5) is 10.2 Å². The Morgan fingerprint density at radius 2 is 1.82 bits per heavy atom. The third-order valence-corrected chi connectivity index (χ3v) is 5.50. The minimum Gasteiger partial charge on any atom is -0.354 e. The van der Waals surface area contributed by atoms with Gasteiger partial charge < -0.3 is 4.90 Å². The minimum absolute atomic E-state index is 0.262. The van der Waals surface area contributed by atoms with Gasteiger partial charge in [0.2, 0.25) is 0 Å². The fourth-order valence-corrected chi connectivity index (χ4v) is 3.95. The van der Waals surface area contributed by atoms with Crippen LogP contribution in [0.25, 0.3) is 0 Å². The Morgan fingerprint density at radius 3 is 2.36 bits per heavy atom. The highest BCUT2D eigenvalue weighted by Gasteiger charge is 2.36. The molecule has 3 rings (SSSR count). The maximum absolute atomic E-state index is 13.0. The van der Waals surface area contributed by atoms with Gasteiger partial charge in [0.05, 0.1) is 6.20 Å². The van der Waals surface area contributed by atoms with Crippen LogP contribution in [0.3, 0.4) is 0 Å². The standard InChI is InChI=1S/C18H28FN3/c1-18(2,3)14-4-6-16(12-14)21-8-10-22(11-9-21)17-7-5-15(19)13-20-17/h5,7,13-14,16H,4,6,8-12H2,1-3H3. The van der Waals surface area contributed by atoms with E-state index in [1.807, 2.05) is 0 Å². The van der Waals surface area contributed by atoms with Crippen LogP contribution in [0, 0.1) is 17.2 Å². The van der Waals surface area contributed by atoms with Crippen LogP contribution in [-0.4, -0.2) is 42.1 Å². The van der Waals surface area contributed by atoms with E-state index in [1.54, 1.807) is 6.07 Å². The van der Waals surface area contributed by atoms with Crippen molar-refractivity contribution >= 4 is 5.82 Å². The van der Waals surface area contributed by atoms with E-state index in [0.29, 0.717) is 5.41 Å². The first-order chi connectivity index (χ1) is 10.4. The van der Waals surface area contributed by atoms with Gasteiger partial charge in [0.1, 0.15) is 11.6 Å². The molecule has 1 aliphatic heterocycles. The van der Waals surface area contributed by atoms with Crippen molar-refractivity contribution in [2.45, 2.75) is 46.1 Å². The highest BCUT2D eigenvalue weighted by Crippen LogP contribution is 2.41. The van der Waals surface area contributed by atoms with Gasteiger partial charge in [0.25, 0.3) is 0 Å². The van der Waals surface area contributed by atoms with Gasteiger partial charge in [0, 0.05) is 32.2 Å². The Bertz CT molecular complexity index is 486. The number of pyridine rings is 1.